The predicted octanol–water partition coefficient (Wildman–Crippen LogP) is 2.80. The molecule has 1 fully saturated rings. The maximum Gasteiger partial charge on any atom is 0.409 e. The normalized spacial score (nSPS) is 22.8. The summed E-state index contributed by atoms with van der Waals surface area (Å²) in [6.45, 7) is 11.3. The Hall–Kier alpha value is -1.26. The topological polar surface area (TPSA) is 58.6 Å². The van der Waals surface area contributed by atoms with Crippen molar-refractivity contribution in [1.82, 2.24) is 10.2 Å². The molecule has 1 aliphatic heterocycles. The Balaban J connectivity index is 2.70. The fraction of sp³-hybridized carbons (Fsp3) is 0.875. The van der Waals surface area contributed by atoms with E-state index in [0.717, 1.165) is 25.8 Å². The van der Waals surface area contributed by atoms with Gasteiger partial charge in [-0.15, -0.1) is 0 Å². The molecule has 21 heavy (non-hydrogen) atoms. The number of amides is 2. The largest absolute Gasteiger partial charge is 0.450 e. The number of carbonyl (C=O) groups is 2. The Labute approximate surface area is 128 Å². The average molecular weight is 298 g/mol. The molecule has 1 N–H and O–H groups in total. The Morgan fingerprint density at radius 2 is 1.90 bits per heavy atom. The number of hydrogen-bond acceptors (Lipinski definition) is 3. The fourth-order valence-corrected chi connectivity index (χ4v) is 2.69. The summed E-state index contributed by atoms with van der Waals surface area (Å²) in [6, 6.07) is 0.0198. The molecule has 0 aromatic carbocycles. The van der Waals surface area contributed by atoms with Crippen LogP contribution in [-0.4, -0.2) is 42.6 Å². The number of hydrogen-bond donors (Lipinski definition) is 1. The van der Waals surface area contributed by atoms with Crippen LogP contribution in [0, 0.1) is 11.3 Å². The third kappa shape index (κ3) is 5.56. The van der Waals surface area contributed by atoms with Crippen LogP contribution < -0.4 is 5.32 Å². The lowest BCUT2D eigenvalue weighted by molar-refractivity contribution is -0.129. The van der Waals surface area contributed by atoms with Gasteiger partial charge in [0.05, 0.1) is 6.61 Å². The summed E-state index contributed by atoms with van der Waals surface area (Å²) >= 11 is 0. The molecule has 1 rings (SSSR count). The van der Waals surface area contributed by atoms with E-state index in [1.165, 1.54) is 0 Å². The van der Waals surface area contributed by atoms with Crippen molar-refractivity contribution in [1.29, 1.82) is 0 Å². The van der Waals surface area contributed by atoms with Crippen LogP contribution in [0.2, 0.25) is 0 Å². The second-order valence-electron chi connectivity index (χ2n) is 6.91. The Bertz CT molecular complexity index is 363. The molecule has 0 radical (unpaired) electrons. The summed E-state index contributed by atoms with van der Waals surface area (Å²) in [4.78, 5) is 25.9. The highest BCUT2D eigenvalue weighted by Crippen LogP contribution is 2.23. The standard InChI is InChI=1S/C16H30N2O3/c1-6-8-12-9-13(17-14(19)16(3,4)5)11-18(10-12)15(20)21-7-2/h12-13H,6-11H2,1-5H3,(H,17,19). The summed E-state index contributed by atoms with van der Waals surface area (Å²) in [5.41, 5.74) is -0.410. The van der Waals surface area contributed by atoms with Gasteiger partial charge in [0.25, 0.3) is 0 Å². The quantitative estimate of drug-likeness (QED) is 0.868. The van der Waals surface area contributed by atoms with Crippen molar-refractivity contribution in [2.45, 2.75) is 59.9 Å². The van der Waals surface area contributed by atoms with Crippen LogP contribution >= 0.6 is 0 Å². The van der Waals surface area contributed by atoms with Crippen molar-refractivity contribution in [2.24, 2.45) is 11.3 Å². The molecule has 0 bridgehead atoms. The molecule has 2 unspecified atom stereocenters. The van der Waals surface area contributed by atoms with E-state index in [9.17, 15) is 9.59 Å². The summed E-state index contributed by atoms with van der Waals surface area (Å²) < 4.78 is 5.10. The molecule has 5 nitrogen and oxygen atoms in total. The maximum atomic E-state index is 12.2. The van der Waals surface area contributed by atoms with Gasteiger partial charge in [0.1, 0.15) is 0 Å². The zero-order valence-electron chi connectivity index (χ0n) is 14.1. The van der Waals surface area contributed by atoms with E-state index < -0.39 is 5.41 Å². The molecule has 0 aliphatic carbocycles. The van der Waals surface area contributed by atoms with E-state index in [2.05, 4.69) is 12.2 Å². The summed E-state index contributed by atoms with van der Waals surface area (Å²) in [5, 5.41) is 3.09. The summed E-state index contributed by atoms with van der Waals surface area (Å²) in [7, 11) is 0. The van der Waals surface area contributed by atoms with Gasteiger partial charge in [-0.1, -0.05) is 34.1 Å². The maximum absolute atomic E-state index is 12.2. The zero-order valence-corrected chi connectivity index (χ0v) is 14.1. The van der Waals surface area contributed by atoms with E-state index in [-0.39, 0.29) is 18.0 Å². The lowest BCUT2D eigenvalue weighted by atomic mass is 9.89. The van der Waals surface area contributed by atoms with E-state index in [0.29, 0.717) is 19.1 Å². The highest BCUT2D eigenvalue weighted by Gasteiger charge is 2.33. The fourth-order valence-electron chi connectivity index (χ4n) is 2.69. The lowest BCUT2D eigenvalue weighted by Crippen LogP contribution is -2.54. The van der Waals surface area contributed by atoms with Crippen LogP contribution in [0.15, 0.2) is 0 Å². The molecule has 5 heteroatoms. The number of nitrogens with one attached hydrogen (secondary N) is 1. The molecule has 0 saturated carbocycles. The van der Waals surface area contributed by atoms with Crippen LogP contribution in [-0.2, 0) is 9.53 Å². The van der Waals surface area contributed by atoms with Gasteiger partial charge in [0, 0.05) is 24.5 Å². The van der Waals surface area contributed by atoms with E-state index in [1.807, 2.05) is 27.7 Å². The van der Waals surface area contributed by atoms with Gasteiger partial charge in [-0.3, -0.25) is 4.79 Å². The molecular weight excluding hydrogens is 268 g/mol. The first-order valence-corrected chi connectivity index (χ1v) is 8.00. The molecule has 1 saturated heterocycles. The second kappa shape index (κ2) is 7.66. The average Bonchev–Trinajstić information content (AvgIpc) is 2.38. The molecule has 2 amide bonds. The van der Waals surface area contributed by atoms with Gasteiger partial charge >= 0.3 is 6.09 Å². The van der Waals surface area contributed by atoms with E-state index in [1.54, 1.807) is 4.90 Å². The summed E-state index contributed by atoms with van der Waals surface area (Å²) in [6.07, 6.45) is 2.82. The number of rotatable bonds is 4. The predicted molar refractivity (Wildman–Crippen MR) is 83.0 cm³/mol. The highest BCUT2D eigenvalue weighted by molar-refractivity contribution is 5.81. The molecule has 0 spiro atoms. The van der Waals surface area contributed by atoms with Gasteiger partial charge in [-0.05, 0) is 25.7 Å². The van der Waals surface area contributed by atoms with Crippen LogP contribution in [0.4, 0.5) is 4.79 Å². The minimum Gasteiger partial charge on any atom is -0.450 e. The summed E-state index contributed by atoms with van der Waals surface area (Å²) in [5.74, 6) is 0.465. The van der Waals surface area contributed by atoms with Crippen LogP contribution in [0.1, 0.15) is 53.9 Å². The molecular formula is C16H30N2O3. The monoisotopic (exact) mass is 298 g/mol. The van der Waals surface area contributed by atoms with Gasteiger partial charge in [-0.25, -0.2) is 4.79 Å². The SMILES string of the molecule is CCCC1CC(NC(=O)C(C)(C)C)CN(C(=O)OCC)C1. The van der Waals surface area contributed by atoms with Crippen molar-refractivity contribution < 1.29 is 14.3 Å². The number of carbonyl (C=O) groups excluding carboxylic acids is 2. The first-order valence-electron chi connectivity index (χ1n) is 8.00. The van der Waals surface area contributed by atoms with Gasteiger partial charge < -0.3 is 15.0 Å². The molecule has 2 atom stereocenters. The Morgan fingerprint density at radius 3 is 2.43 bits per heavy atom. The molecule has 0 aromatic rings. The third-order valence-electron chi connectivity index (χ3n) is 3.78. The lowest BCUT2D eigenvalue weighted by Gasteiger charge is -2.38. The van der Waals surface area contributed by atoms with Crippen molar-refractivity contribution in [2.75, 3.05) is 19.7 Å². The van der Waals surface area contributed by atoms with Crippen molar-refractivity contribution in [3.63, 3.8) is 0 Å². The molecule has 122 valence electrons. The van der Waals surface area contributed by atoms with Gasteiger partial charge in [-0.2, -0.15) is 0 Å². The van der Waals surface area contributed by atoms with E-state index in [4.69, 9.17) is 4.74 Å². The molecule has 1 aliphatic rings. The first-order chi connectivity index (χ1) is 9.77. The van der Waals surface area contributed by atoms with Crippen LogP contribution in [0.5, 0.6) is 0 Å². The van der Waals surface area contributed by atoms with E-state index >= 15 is 0 Å². The molecule has 1 heterocycles. The van der Waals surface area contributed by atoms with Crippen molar-refractivity contribution in [3.8, 4) is 0 Å². The minimum atomic E-state index is -0.410. The number of ether oxygens (including phenoxy) is 1. The molecule has 0 aromatic heterocycles. The van der Waals surface area contributed by atoms with Gasteiger partial charge in [0.15, 0.2) is 0 Å². The third-order valence-corrected chi connectivity index (χ3v) is 3.78. The second-order valence-corrected chi connectivity index (χ2v) is 6.91. The Morgan fingerprint density at radius 1 is 1.24 bits per heavy atom. The number of nitrogens with zero attached hydrogens (tertiary/aromatic N) is 1. The van der Waals surface area contributed by atoms with Crippen LogP contribution in [0.3, 0.4) is 0 Å². The minimum absolute atomic E-state index is 0.0198. The number of likely N-dealkylation sites (tertiary alicyclic amines) is 1. The van der Waals surface area contributed by atoms with Gasteiger partial charge in [0.2, 0.25) is 5.91 Å². The zero-order chi connectivity index (χ0) is 16.0. The Kier molecular flexibility index (Phi) is 6.49. The highest BCUT2D eigenvalue weighted by atomic mass is 16.6. The van der Waals surface area contributed by atoms with Crippen molar-refractivity contribution in [3.05, 3.63) is 0 Å². The number of piperidine rings is 1. The first kappa shape index (κ1) is 17.8. The smallest absolute Gasteiger partial charge is 0.409 e. The van der Waals surface area contributed by atoms with Crippen LogP contribution in [0.25, 0.3) is 0 Å². The van der Waals surface area contributed by atoms with Crippen molar-refractivity contribution >= 4 is 12.0 Å².